The molecule has 6 heteroatoms. The first-order chi connectivity index (χ1) is 10.5. The van der Waals surface area contributed by atoms with Gasteiger partial charge in [0.15, 0.2) is 0 Å². The standard InChI is InChI=1S/C16H17FN2O2S/c1-10(2)19-15(20)9-18-16(21)14-8-7-13(22-14)11-3-5-12(17)6-4-11/h3-8,10H,9H2,1-2H3,(H,18,21)(H,19,20). The highest BCUT2D eigenvalue weighted by Crippen LogP contribution is 2.28. The molecule has 0 unspecified atom stereocenters. The minimum Gasteiger partial charge on any atom is -0.352 e. The van der Waals surface area contributed by atoms with Gasteiger partial charge in [0.05, 0.1) is 11.4 Å². The lowest BCUT2D eigenvalue weighted by atomic mass is 10.2. The molecule has 2 amide bonds. The van der Waals surface area contributed by atoms with Gasteiger partial charge in [0.25, 0.3) is 5.91 Å². The number of benzene rings is 1. The Labute approximate surface area is 132 Å². The quantitative estimate of drug-likeness (QED) is 0.890. The second-order valence-corrected chi connectivity index (χ2v) is 6.16. The zero-order chi connectivity index (χ0) is 16.1. The highest BCUT2D eigenvalue weighted by Gasteiger charge is 2.12. The molecule has 1 heterocycles. The van der Waals surface area contributed by atoms with E-state index in [-0.39, 0.29) is 30.2 Å². The molecular formula is C16H17FN2O2S. The van der Waals surface area contributed by atoms with E-state index in [9.17, 15) is 14.0 Å². The van der Waals surface area contributed by atoms with Gasteiger partial charge in [-0.25, -0.2) is 4.39 Å². The molecule has 2 aromatic rings. The van der Waals surface area contributed by atoms with Crippen LogP contribution < -0.4 is 10.6 Å². The van der Waals surface area contributed by atoms with Crippen molar-refractivity contribution < 1.29 is 14.0 Å². The fourth-order valence-electron chi connectivity index (χ4n) is 1.85. The summed E-state index contributed by atoms with van der Waals surface area (Å²) in [4.78, 5) is 24.9. The first-order valence-electron chi connectivity index (χ1n) is 6.89. The molecule has 2 N–H and O–H groups in total. The fraction of sp³-hybridized carbons (Fsp3) is 0.250. The first kappa shape index (κ1) is 16.2. The van der Waals surface area contributed by atoms with E-state index in [1.54, 1.807) is 24.3 Å². The number of halogens is 1. The van der Waals surface area contributed by atoms with Gasteiger partial charge in [0, 0.05) is 10.9 Å². The Morgan fingerprint density at radius 1 is 1.14 bits per heavy atom. The van der Waals surface area contributed by atoms with Gasteiger partial charge in [-0.3, -0.25) is 9.59 Å². The van der Waals surface area contributed by atoms with Gasteiger partial charge < -0.3 is 10.6 Å². The van der Waals surface area contributed by atoms with Crippen molar-refractivity contribution in [1.82, 2.24) is 10.6 Å². The average Bonchev–Trinajstić information content (AvgIpc) is 2.94. The number of thiophene rings is 1. The molecule has 116 valence electrons. The molecule has 0 fully saturated rings. The Morgan fingerprint density at radius 2 is 1.82 bits per heavy atom. The molecule has 0 spiro atoms. The van der Waals surface area contributed by atoms with Crippen LogP contribution in [0.3, 0.4) is 0 Å². The Hall–Kier alpha value is -2.21. The largest absolute Gasteiger partial charge is 0.352 e. The molecule has 0 aliphatic rings. The Kier molecular flexibility index (Phi) is 5.27. The lowest BCUT2D eigenvalue weighted by Gasteiger charge is -2.08. The molecule has 22 heavy (non-hydrogen) atoms. The van der Waals surface area contributed by atoms with Crippen LogP contribution in [0, 0.1) is 5.82 Å². The predicted molar refractivity (Wildman–Crippen MR) is 85.3 cm³/mol. The third-order valence-corrected chi connectivity index (χ3v) is 3.95. The van der Waals surface area contributed by atoms with Gasteiger partial charge in [0.1, 0.15) is 5.82 Å². The minimum atomic E-state index is -0.297. The van der Waals surface area contributed by atoms with Crippen molar-refractivity contribution in [3.8, 4) is 10.4 Å². The number of carbonyl (C=O) groups is 2. The van der Waals surface area contributed by atoms with Crippen LogP contribution in [-0.2, 0) is 4.79 Å². The number of hydrogen-bond acceptors (Lipinski definition) is 3. The normalized spacial score (nSPS) is 10.5. The number of hydrogen-bond donors (Lipinski definition) is 2. The second-order valence-electron chi connectivity index (χ2n) is 5.08. The van der Waals surface area contributed by atoms with Crippen LogP contribution in [0.25, 0.3) is 10.4 Å². The van der Waals surface area contributed by atoms with Gasteiger partial charge in [0.2, 0.25) is 5.91 Å². The summed E-state index contributed by atoms with van der Waals surface area (Å²) in [5.41, 5.74) is 0.850. The van der Waals surface area contributed by atoms with E-state index < -0.39 is 0 Å². The summed E-state index contributed by atoms with van der Waals surface area (Å²) >= 11 is 1.30. The third-order valence-electron chi connectivity index (χ3n) is 2.82. The van der Waals surface area contributed by atoms with Gasteiger partial charge in [-0.15, -0.1) is 11.3 Å². The smallest absolute Gasteiger partial charge is 0.261 e. The van der Waals surface area contributed by atoms with Gasteiger partial charge >= 0.3 is 0 Å². The summed E-state index contributed by atoms with van der Waals surface area (Å²) in [5, 5.41) is 5.28. The highest BCUT2D eigenvalue weighted by molar-refractivity contribution is 7.17. The summed E-state index contributed by atoms with van der Waals surface area (Å²) in [6.07, 6.45) is 0. The molecular weight excluding hydrogens is 303 g/mol. The molecule has 0 aliphatic heterocycles. The van der Waals surface area contributed by atoms with Crippen LogP contribution in [0.1, 0.15) is 23.5 Å². The molecule has 0 bridgehead atoms. The molecule has 0 saturated carbocycles. The van der Waals surface area contributed by atoms with Gasteiger partial charge in [-0.05, 0) is 43.7 Å². The first-order valence-corrected chi connectivity index (χ1v) is 7.70. The zero-order valence-electron chi connectivity index (χ0n) is 12.4. The van der Waals surface area contributed by atoms with E-state index in [4.69, 9.17) is 0 Å². The van der Waals surface area contributed by atoms with Crippen LogP contribution in [0.2, 0.25) is 0 Å². The van der Waals surface area contributed by atoms with E-state index in [0.29, 0.717) is 4.88 Å². The van der Waals surface area contributed by atoms with Crippen LogP contribution in [0.4, 0.5) is 4.39 Å². The Balaban J connectivity index is 1.97. The topological polar surface area (TPSA) is 58.2 Å². The molecule has 0 aliphatic carbocycles. The van der Waals surface area contributed by atoms with Gasteiger partial charge in [-0.1, -0.05) is 12.1 Å². The number of nitrogens with one attached hydrogen (secondary N) is 2. The van der Waals surface area contributed by atoms with Crippen molar-refractivity contribution in [2.24, 2.45) is 0 Å². The lowest BCUT2D eigenvalue weighted by molar-refractivity contribution is -0.120. The van der Waals surface area contributed by atoms with Crippen LogP contribution in [0.5, 0.6) is 0 Å². The summed E-state index contributed by atoms with van der Waals surface area (Å²) in [5.74, 6) is -0.814. The highest BCUT2D eigenvalue weighted by atomic mass is 32.1. The molecule has 1 aromatic heterocycles. The maximum atomic E-state index is 12.9. The number of amides is 2. The second kappa shape index (κ2) is 7.17. The van der Waals surface area contributed by atoms with Crippen LogP contribution >= 0.6 is 11.3 Å². The summed E-state index contributed by atoms with van der Waals surface area (Å²) in [6.45, 7) is 3.66. The molecule has 4 nitrogen and oxygen atoms in total. The van der Waals surface area contributed by atoms with Crippen molar-refractivity contribution in [2.75, 3.05) is 6.54 Å². The average molecular weight is 320 g/mol. The third kappa shape index (κ3) is 4.39. The monoisotopic (exact) mass is 320 g/mol. The van der Waals surface area contributed by atoms with E-state index in [1.165, 1.54) is 23.5 Å². The SMILES string of the molecule is CC(C)NC(=O)CNC(=O)c1ccc(-c2ccc(F)cc2)s1. The van der Waals surface area contributed by atoms with Crippen LogP contribution in [-0.4, -0.2) is 24.4 Å². The number of carbonyl (C=O) groups excluding carboxylic acids is 2. The predicted octanol–water partition coefficient (Wildman–Crippen LogP) is 2.81. The summed E-state index contributed by atoms with van der Waals surface area (Å²) in [7, 11) is 0. The lowest BCUT2D eigenvalue weighted by Crippen LogP contribution is -2.39. The summed E-state index contributed by atoms with van der Waals surface area (Å²) < 4.78 is 12.9. The Morgan fingerprint density at radius 3 is 2.45 bits per heavy atom. The van der Waals surface area contributed by atoms with E-state index >= 15 is 0 Å². The van der Waals surface area contributed by atoms with Crippen molar-refractivity contribution in [2.45, 2.75) is 19.9 Å². The van der Waals surface area contributed by atoms with Crippen LogP contribution in [0.15, 0.2) is 36.4 Å². The molecule has 0 atom stereocenters. The molecule has 2 rings (SSSR count). The van der Waals surface area contributed by atoms with E-state index in [2.05, 4.69) is 10.6 Å². The minimum absolute atomic E-state index is 0.0382. The Bertz CT molecular complexity index is 665. The maximum Gasteiger partial charge on any atom is 0.261 e. The van der Waals surface area contributed by atoms with Crippen molar-refractivity contribution in [3.05, 3.63) is 47.1 Å². The van der Waals surface area contributed by atoms with Crippen molar-refractivity contribution in [3.63, 3.8) is 0 Å². The van der Waals surface area contributed by atoms with E-state index in [1.807, 2.05) is 13.8 Å². The van der Waals surface area contributed by atoms with Gasteiger partial charge in [-0.2, -0.15) is 0 Å². The maximum absolute atomic E-state index is 12.9. The number of rotatable bonds is 5. The fourth-order valence-corrected chi connectivity index (χ4v) is 2.78. The van der Waals surface area contributed by atoms with Crippen molar-refractivity contribution in [1.29, 1.82) is 0 Å². The molecule has 1 aromatic carbocycles. The molecule has 0 radical (unpaired) electrons. The molecule has 0 saturated heterocycles. The van der Waals surface area contributed by atoms with Crippen molar-refractivity contribution >= 4 is 23.2 Å². The summed E-state index contributed by atoms with van der Waals surface area (Å²) in [6, 6.07) is 9.63. The van der Waals surface area contributed by atoms with E-state index in [0.717, 1.165) is 10.4 Å². The zero-order valence-corrected chi connectivity index (χ0v) is 13.2.